The van der Waals surface area contributed by atoms with Crippen LogP contribution in [0, 0.1) is 0 Å². The lowest BCUT2D eigenvalue weighted by Crippen LogP contribution is -2.26. The number of hydrogen-bond acceptors (Lipinski definition) is 3. The lowest BCUT2D eigenvalue weighted by atomic mass is 10.1. The first-order valence-electron chi connectivity index (χ1n) is 4.53. The van der Waals surface area contributed by atoms with Gasteiger partial charge in [-0.2, -0.15) is 0 Å². The predicted octanol–water partition coefficient (Wildman–Crippen LogP) is 1.88. The van der Waals surface area contributed by atoms with Crippen LogP contribution in [0.3, 0.4) is 0 Å². The fraction of sp³-hybridized carbons (Fsp3) is 0.364. The van der Waals surface area contributed by atoms with E-state index in [-0.39, 0.29) is 5.78 Å². The molecule has 14 heavy (non-hydrogen) atoms. The third kappa shape index (κ3) is 2.65. The monoisotopic (exact) mass is 194 g/mol. The van der Waals surface area contributed by atoms with Gasteiger partial charge in [-0.3, -0.25) is 4.79 Å². The molecule has 3 heteroatoms. The van der Waals surface area contributed by atoms with Gasteiger partial charge in [-0.05, 0) is 6.92 Å². The maximum absolute atomic E-state index is 11.7. The zero-order valence-corrected chi connectivity index (χ0v) is 8.40. The maximum Gasteiger partial charge on any atom is 0.222 e. The minimum atomic E-state index is -0.789. The summed E-state index contributed by atoms with van der Waals surface area (Å²) in [4.78, 5) is 11.7. The molecule has 76 valence electrons. The van der Waals surface area contributed by atoms with Gasteiger partial charge in [0, 0.05) is 19.3 Å². The first kappa shape index (κ1) is 10.9. The molecule has 1 aromatic carbocycles. The summed E-state index contributed by atoms with van der Waals surface area (Å²) in [6.07, 6.45) is -0.789. The molecule has 0 radical (unpaired) electrons. The summed E-state index contributed by atoms with van der Waals surface area (Å²) in [5.74, 6) is -0.144. The van der Waals surface area contributed by atoms with Crippen LogP contribution in [0.1, 0.15) is 17.3 Å². The van der Waals surface area contributed by atoms with Gasteiger partial charge in [0.05, 0.1) is 0 Å². The molecule has 0 spiro atoms. The number of carbonyl (C=O) groups excluding carboxylic acids is 1. The highest BCUT2D eigenvalue weighted by Gasteiger charge is 2.18. The third-order valence-corrected chi connectivity index (χ3v) is 1.80. The number of hydrogen-bond donors (Lipinski definition) is 0. The Morgan fingerprint density at radius 1 is 1.36 bits per heavy atom. The van der Waals surface area contributed by atoms with Crippen LogP contribution in [-0.4, -0.2) is 25.8 Å². The van der Waals surface area contributed by atoms with E-state index in [1.165, 1.54) is 7.11 Å². The summed E-state index contributed by atoms with van der Waals surface area (Å²) in [6, 6.07) is 8.97. The number of Topliss-reactive ketones (excluding diaryl/α,β-unsaturated/α-hetero) is 1. The molecule has 0 saturated heterocycles. The molecule has 0 N–H and O–H groups in total. The van der Waals surface area contributed by atoms with E-state index in [4.69, 9.17) is 9.47 Å². The molecule has 0 aliphatic carbocycles. The van der Waals surface area contributed by atoms with E-state index in [9.17, 15) is 4.79 Å². The van der Waals surface area contributed by atoms with Crippen LogP contribution in [0.2, 0.25) is 0 Å². The topological polar surface area (TPSA) is 35.5 Å². The van der Waals surface area contributed by atoms with Gasteiger partial charge in [-0.25, -0.2) is 0 Å². The molecular weight excluding hydrogens is 180 g/mol. The Bertz CT molecular complexity index is 282. The van der Waals surface area contributed by atoms with Crippen molar-refractivity contribution >= 4 is 5.78 Å². The Hall–Kier alpha value is -1.19. The van der Waals surface area contributed by atoms with Gasteiger partial charge >= 0.3 is 0 Å². The highest BCUT2D eigenvalue weighted by atomic mass is 16.7. The zero-order valence-electron chi connectivity index (χ0n) is 8.40. The summed E-state index contributed by atoms with van der Waals surface area (Å²) >= 11 is 0. The Morgan fingerprint density at radius 3 is 2.50 bits per heavy atom. The van der Waals surface area contributed by atoms with E-state index in [1.54, 1.807) is 12.1 Å². The first-order valence-corrected chi connectivity index (χ1v) is 4.53. The van der Waals surface area contributed by atoms with Crippen LogP contribution in [0.25, 0.3) is 0 Å². The van der Waals surface area contributed by atoms with Crippen LogP contribution in [0.5, 0.6) is 0 Å². The average Bonchev–Trinajstić information content (AvgIpc) is 2.26. The second-order valence-corrected chi connectivity index (χ2v) is 2.75. The summed E-state index contributed by atoms with van der Waals surface area (Å²) in [6.45, 7) is 2.28. The number of ketones is 1. The van der Waals surface area contributed by atoms with Crippen LogP contribution in [0.4, 0.5) is 0 Å². The van der Waals surface area contributed by atoms with Crippen molar-refractivity contribution in [3.05, 3.63) is 35.9 Å². The van der Waals surface area contributed by atoms with Gasteiger partial charge in [0.15, 0.2) is 0 Å². The fourth-order valence-electron chi connectivity index (χ4n) is 1.14. The summed E-state index contributed by atoms with van der Waals surface area (Å²) in [5.41, 5.74) is 0.604. The van der Waals surface area contributed by atoms with E-state index in [2.05, 4.69) is 0 Å². The summed E-state index contributed by atoms with van der Waals surface area (Å²) < 4.78 is 10.1. The smallest absolute Gasteiger partial charge is 0.222 e. The zero-order chi connectivity index (χ0) is 10.4. The molecule has 0 fully saturated rings. The largest absolute Gasteiger partial charge is 0.349 e. The lowest BCUT2D eigenvalue weighted by Gasteiger charge is -2.13. The number of methoxy groups -OCH3 is 1. The third-order valence-electron chi connectivity index (χ3n) is 1.80. The molecule has 0 aliphatic heterocycles. The molecule has 1 rings (SSSR count). The number of rotatable bonds is 5. The molecule has 0 aromatic heterocycles. The average molecular weight is 194 g/mol. The van der Waals surface area contributed by atoms with Crippen molar-refractivity contribution in [1.29, 1.82) is 0 Å². The number of ether oxygens (including phenoxy) is 2. The first-order chi connectivity index (χ1) is 6.79. The minimum absolute atomic E-state index is 0.144. The second kappa shape index (κ2) is 5.52. The van der Waals surface area contributed by atoms with Crippen molar-refractivity contribution in [2.75, 3.05) is 13.7 Å². The molecule has 1 aromatic rings. The van der Waals surface area contributed by atoms with Crippen LogP contribution < -0.4 is 0 Å². The molecule has 0 saturated carbocycles. The van der Waals surface area contributed by atoms with Crippen LogP contribution >= 0.6 is 0 Å². The highest BCUT2D eigenvalue weighted by molar-refractivity contribution is 5.98. The van der Waals surface area contributed by atoms with Crippen molar-refractivity contribution in [1.82, 2.24) is 0 Å². The molecule has 0 heterocycles. The van der Waals surface area contributed by atoms with Crippen molar-refractivity contribution in [2.24, 2.45) is 0 Å². The summed E-state index contributed by atoms with van der Waals surface area (Å²) in [7, 11) is 1.46. The standard InChI is InChI=1S/C11H14O3/c1-3-14-11(13-2)10(12)9-7-5-4-6-8-9/h4-8,11H,3H2,1-2H3. The summed E-state index contributed by atoms with van der Waals surface area (Å²) in [5, 5.41) is 0. The maximum atomic E-state index is 11.7. The van der Waals surface area contributed by atoms with Gasteiger partial charge in [-0.1, -0.05) is 30.3 Å². The normalized spacial score (nSPS) is 12.4. The molecule has 0 amide bonds. The Morgan fingerprint density at radius 2 is 2.00 bits per heavy atom. The van der Waals surface area contributed by atoms with Gasteiger partial charge < -0.3 is 9.47 Å². The van der Waals surface area contributed by atoms with E-state index in [0.717, 1.165) is 0 Å². The fourth-order valence-corrected chi connectivity index (χ4v) is 1.14. The second-order valence-electron chi connectivity index (χ2n) is 2.75. The Balaban J connectivity index is 2.73. The highest BCUT2D eigenvalue weighted by Crippen LogP contribution is 2.06. The molecular formula is C11H14O3. The van der Waals surface area contributed by atoms with Gasteiger partial charge in [-0.15, -0.1) is 0 Å². The van der Waals surface area contributed by atoms with Crippen molar-refractivity contribution in [2.45, 2.75) is 13.2 Å². The van der Waals surface area contributed by atoms with Crippen molar-refractivity contribution in [3.63, 3.8) is 0 Å². The van der Waals surface area contributed by atoms with Crippen LogP contribution in [0.15, 0.2) is 30.3 Å². The lowest BCUT2D eigenvalue weighted by molar-refractivity contribution is -0.0913. The molecule has 0 bridgehead atoms. The Labute approximate surface area is 83.6 Å². The van der Waals surface area contributed by atoms with E-state index >= 15 is 0 Å². The van der Waals surface area contributed by atoms with E-state index < -0.39 is 6.29 Å². The van der Waals surface area contributed by atoms with E-state index in [0.29, 0.717) is 12.2 Å². The van der Waals surface area contributed by atoms with Crippen molar-refractivity contribution < 1.29 is 14.3 Å². The number of benzene rings is 1. The van der Waals surface area contributed by atoms with Gasteiger partial charge in [0.1, 0.15) is 0 Å². The quantitative estimate of drug-likeness (QED) is 0.530. The van der Waals surface area contributed by atoms with Gasteiger partial charge in [0.25, 0.3) is 0 Å². The van der Waals surface area contributed by atoms with Crippen molar-refractivity contribution in [3.8, 4) is 0 Å². The minimum Gasteiger partial charge on any atom is -0.349 e. The van der Waals surface area contributed by atoms with E-state index in [1.807, 2.05) is 25.1 Å². The number of carbonyl (C=O) groups is 1. The van der Waals surface area contributed by atoms with Crippen LogP contribution in [-0.2, 0) is 9.47 Å². The Kier molecular flexibility index (Phi) is 4.29. The molecule has 1 atom stereocenters. The van der Waals surface area contributed by atoms with Gasteiger partial charge in [0.2, 0.25) is 12.1 Å². The molecule has 3 nitrogen and oxygen atoms in total. The SMILES string of the molecule is CCOC(OC)C(=O)c1ccccc1. The molecule has 1 unspecified atom stereocenters. The predicted molar refractivity (Wildman–Crippen MR) is 53.2 cm³/mol. The molecule has 0 aliphatic rings.